The number of anilines is 1. The number of rotatable bonds is 7. The van der Waals surface area contributed by atoms with Gasteiger partial charge in [0.15, 0.2) is 6.10 Å². The van der Waals surface area contributed by atoms with Crippen molar-refractivity contribution in [2.45, 2.75) is 33.1 Å². The fourth-order valence-corrected chi connectivity index (χ4v) is 4.46. The van der Waals surface area contributed by atoms with E-state index in [1.165, 1.54) is 18.1 Å². The zero-order valence-electron chi connectivity index (χ0n) is 19.5. The van der Waals surface area contributed by atoms with Crippen molar-refractivity contribution < 1.29 is 19.0 Å². The summed E-state index contributed by atoms with van der Waals surface area (Å²) in [6.07, 6.45) is -0.341. The van der Waals surface area contributed by atoms with Gasteiger partial charge >= 0.3 is 5.97 Å². The first-order valence-electron chi connectivity index (χ1n) is 11.3. The van der Waals surface area contributed by atoms with Gasteiger partial charge in [0.05, 0.1) is 16.7 Å². The van der Waals surface area contributed by atoms with E-state index >= 15 is 0 Å². The minimum atomic E-state index is -0.341. The molecule has 174 valence electrons. The third-order valence-electron chi connectivity index (χ3n) is 6.10. The van der Waals surface area contributed by atoms with Crippen molar-refractivity contribution in [1.82, 2.24) is 9.55 Å². The number of hydrogen-bond acceptors (Lipinski definition) is 6. The van der Waals surface area contributed by atoms with E-state index in [-0.39, 0.29) is 12.1 Å². The van der Waals surface area contributed by atoms with E-state index in [4.69, 9.17) is 19.2 Å². The van der Waals surface area contributed by atoms with Crippen molar-refractivity contribution in [2.75, 3.05) is 19.0 Å². The van der Waals surface area contributed by atoms with Crippen LogP contribution >= 0.6 is 0 Å². The number of nitrogens with one attached hydrogen (secondary N) is 1. The topological polar surface area (TPSA) is 74.6 Å². The molecule has 0 saturated heterocycles. The maximum atomic E-state index is 11.3. The quantitative estimate of drug-likeness (QED) is 0.390. The first-order valence-corrected chi connectivity index (χ1v) is 11.3. The number of nitrogens with zero attached hydrogens (tertiary/aromatic N) is 2. The lowest BCUT2D eigenvalue weighted by Gasteiger charge is -2.16. The molecule has 0 amide bonds. The minimum Gasteiger partial charge on any atom is -0.489 e. The van der Waals surface area contributed by atoms with Crippen molar-refractivity contribution in [3.05, 3.63) is 83.2 Å². The number of fused-ring (bicyclic) bond motifs is 2. The highest BCUT2D eigenvalue weighted by atomic mass is 16.6. The Hall–Kier alpha value is -3.84. The van der Waals surface area contributed by atoms with Gasteiger partial charge in [-0.2, -0.15) is 0 Å². The lowest BCUT2D eigenvalue weighted by atomic mass is 10.1. The average molecular weight is 458 g/mol. The van der Waals surface area contributed by atoms with Gasteiger partial charge in [0.1, 0.15) is 24.8 Å². The Labute approximate surface area is 198 Å². The first-order chi connectivity index (χ1) is 16.5. The van der Waals surface area contributed by atoms with Crippen LogP contribution in [-0.4, -0.2) is 29.2 Å². The largest absolute Gasteiger partial charge is 0.489 e. The molecule has 0 saturated carbocycles. The van der Waals surface area contributed by atoms with Gasteiger partial charge in [-0.1, -0.05) is 24.3 Å². The summed E-state index contributed by atoms with van der Waals surface area (Å²) in [4.78, 5) is 16.1. The van der Waals surface area contributed by atoms with Gasteiger partial charge in [-0.3, -0.25) is 9.36 Å². The molecule has 4 aromatic rings. The molecule has 1 aliphatic rings. The van der Waals surface area contributed by atoms with Crippen LogP contribution < -0.4 is 10.1 Å². The number of ether oxygens (including phenoxy) is 3. The predicted octanol–water partition coefficient (Wildman–Crippen LogP) is 5.09. The monoisotopic (exact) mass is 457 g/mol. The van der Waals surface area contributed by atoms with Crippen molar-refractivity contribution in [1.29, 1.82) is 0 Å². The zero-order valence-corrected chi connectivity index (χ0v) is 19.5. The van der Waals surface area contributed by atoms with Crippen molar-refractivity contribution in [2.24, 2.45) is 0 Å². The van der Waals surface area contributed by atoms with Gasteiger partial charge < -0.3 is 19.5 Å². The molecule has 0 unspecified atom stereocenters. The number of methoxy groups -OCH3 is 1. The molecule has 0 fully saturated rings. The summed E-state index contributed by atoms with van der Waals surface area (Å²) in [7, 11) is 1.69. The van der Waals surface area contributed by atoms with Crippen LogP contribution in [0, 0.1) is 6.92 Å². The van der Waals surface area contributed by atoms with Crippen LogP contribution in [0.5, 0.6) is 5.75 Å². The Morgan fingerprint density at radius 1 is 1.18 bits per heavy atom. The summed E-state index contributed by atoms with van der Waals surface area (Å²) in [5.74, 6) is 1.31. The Morgan fingerprint density at radius 2 is 2.03 bits per heavy atom. The lowest BCUT2D eigenvalue weighted by Crippen LogP contribution is -2.09. The molecule has 7 heteroatoms. The number of hydrogen-bond donors (Lipinski definition) is 1. The van der Waals surface area contributed by atoms with Crippen LogP contribution in [0.3, 0.4) is 0 Å². The van der Waals surface area contributed by atoms with E-state index in [0.717, 1.165) is 39.5 Å². The van der Waals surface area contributed by atoms with Crippen LogP contribution in [0.15, 0.2) is 60.7 Å². The third-order valence-corrected chi connectivity index (χ3v) is 6.10. The van der Waals surface area contributed by atoms with Gasteiger partial charge in [0.25, 0.3) is 0 Å². The summed E-state index contributed by atoms with van der Waals surface area (Å²) >= 11 is 0. The maximum absolute atomic E-state index is 11.3. The Kier molecular flexibility index (Phi) is 5.94. The normalized spacial score (nSPS) is 14.6. The van der Waals surface area contributed by atoms with E-state index in [1.807, 2.05) is 36.4 Å². The Bertz CT molecular complexity index is 1360. The number of carbonyl (C=O) groups excluding carboxylic acids is 1. The fraction of sp³-hybridized carbons (Fsp3) is 0.259. The van der Waals surface area contributed by atoms with E-state index in [9.17, 15) is 4.79 Å². The number of esters is 1. The van der Waals surface area contributed by atoms with Gasteiger partial charge in [0, 0.05) is 37.9 Å². The van der Waals surface area contributed by atoms with Crippen LogP contribution in [0.1, 0.15) is 35.5 Å². The predicted molar refractivity (Wildman–Crippen MR) is 130 cm³/mol. The Balaban J connectivity index is 1.40. The van der Waals surface area contributed by atoms with E-state index in [2.05, 4.69) is 41.1 Å². The van der Waals surface area contributed by atoms with Gasteiger partial charge in [-0.25, -0.2) is 4.98 Å². The summed E-state index contributed by atoms with van der Waals surface area (Å²) in [5, 5.41) is 3.50. The summed E-state index contributed by atoms with van der Waals surface area (Å²) in [6.45, 7) is 4.97. The van der Waals surface area contributed by atoms with Crippen molar-refractivity contribution in [3.8, 4) is 11.4 Å². The average Bonchev–Trinajstić information content (AvgIpc) is 3.39. The van der Waals surface area contributed by atoms with Crippen molar-refractivity contribution >= 4 is 22.7 Å². The summed E-state index contributed by atoms with van der Waals surface area (Å²) in [5.41, 5.74) is 7.28. The smallest absolute Gasteiger partial charge is 0.303 e. The molecule has 5 rings (SSSR count). The van der Waals surface area contributed by atoms with Gasteiger partial charge in [0.2, 0.25) is 0 Å². The van der Waals surface area contributed by atoms with E-state index in [0.29, 0.717) is 19.8 Å². The summed E-state index contributed by atoms with van der Waals surface area (Å²) in [6, 6.07) is 20.3. The molecule has 0 aliphatic carbocycles. The third kappa shape index (κ3) is 4.10. The minimum absolute atomic E-state index is 0.307. The molecule has 1 aliphatic heterocycles. The summed E-state index contributed by atoms with van der Waals surface area (Å²) < 4.78 is 18.7. The first kappa shape index (κ1) is 22.0. The van der Waals surface area contributed by atoms with Gasteiger partial charge in [-0.15, -0.1) is 0 Å². The highest BCUT2D eigenvalue weighted by molar-refractivity contribution is 5.78. The van der Waals surface area contributed by atoms with Crippen molar-refractivity contribution in [3.63, 3.8) is 0 Å². The second-order valence-electron chi connectivity index (χ2n) is 8.36. The number of para-hydroxylation sites is 2. The molecule has 7 nitrogen and oxygen atoms in total. The Morgan fingerprint density at radius 3 is 2.85 bits per heavy atom. The molecule has 1 N–H and O–H groups in total. The molecule has 3 aromatic carbocycles. The standard InChI is InChI=1S/C27H27N3O4/c1-17-19(14-28-20-11-12-21-25(13-20)33-15-26(21)34-18(2)31)7-6-10-23(17)30-24-9-5-4-8-22(24)29-27(30)16-32-3/h4-13,26,28H,14-16H2,1-3H3/t26-/m1/s1. The fourth-order valence-electron chi connectivity index (χ4n) is 4.46. The van der Waals surface area contributed by atoms with Crippen LogP contribution in [-0.2, 0) is 27.4 Å². The molecule has 0 radical (unpaired) electrons. The van der Waals surface area contributed by atoms with Crippen LogP contribution in [0.25, 0.3) is 16.7 Å². The number of benzene rings is 3. The van der Waals surface area contributed by atoms with E-state index in [1.54, 1.807) is 7.11 Å². The van der Waals surface area contributed by atoms with E-state index < -0.39 is 0 Å². The molecular weight excluding hydrogens is 430 g/mol. The maximum Gasteiger partial charge on any atom is 0.303 e. The second kappa shape index (κ2) is 9.19. The molecule has 2 heterocycles. The molecule has 1 aromatic heterocycles. The highest BCUT2D eigenvalue weighted by Crippen LogP contribution is 2.37. The number of aromatic nitrogens is 2. The SMILES string of the molecule is COCc1nc2ccccc2n1-c1cccc(CNc2ccc3c(c2)OC[C@H]3OC(C)=O)c1C. The number of carbonyl (C=O) groups is 1. The van der Waals surface area contributed by atoms with Crippen LogP contribution in [0.4, 0.5) is 5.69 Å². The molecular formula is C27H27N3O4. The molecule has 0 spiro atoms. The second-order valence-corrected chi connectivity index (χ2v) is 8.36. The zero-order chi connectivity index (χ0) is 23.7. The molecule has 34 heavy (non-hydrogen) atoms. The number of imidazole rings is 1. The van der Waals surface area contributed by atoms with Gasteiger partial charge in [-0.05, 0) is 48.4 Å². The molecule has 1 atom stereocenters. The van der Waals surface area contributed by atoms with Crippen LogP contribution in [0.2, 0.25) is 0 Å². The lowest BCUT2D eigenvalue weighted by molar-refractivity contribution is -0.147. The molecule has 0 bridgehead atoms. The highest BCUT2D eigenvalue weighted by Gasteiger charge is 2.26.